The molecule has 9 rings (SSSR count). The van der Waals surface area contributed by atoms with Crippen molar-refractivity contribution < 1.29 is 109 Å². The Hall–Kier alpha value is -1.59. The van der Waals surface area contributed by atoms with E-state index in [0.717, 1.165) is 19.3 Å². The highest BCUT2D eigenvalue weighted by atomic mass is 16.8. The summed E-state index contributed by atoms with van der Waals surface area (Å²) in [6, 6.07) is 0. The molecule has 22 nitrogen and oxygen atoms in total. The number of carbonyl (C=O) groups excluding carboxylic acids is 1. The van der Waals surface area contributed by atoms with Crippen molar-refractivity contribution in [3.8, 4) is 0 Å². The maximum Gasteiger partial charge on any atom is 0.315 e. The van der Waals surface area contributed by atoms with Crippen molar-refractivity contribution in [1.29, 1.82) is 0 Å². The first-order valence-corrected chi connectivity index (χ1v) is 28.4. The van der Waals surface area contributed by atoms with Gasteiger partial charge in [0.2, 0.25) is 6.29 Å². The molecule has 0 bridgehead atoms. The highest BCUT2D eigenvalue weighted by Crippen LogP contribution is 2.82. The van der Waals surface area contributed by atoms with Crippen molar-refractivity contribution in [2.24, 2.45) is 49.2 Å². The third-order valence-corrected chi connectivity index (χ3v) is 23.0. The molecule has 78 heavy (non-hydrogen) atoms. The van der Waals surface area contributed by atoms with Crippen molar-refractivity contribution in [2.45, 2.75) is 256 Å². The number of rotatable bonds is 11. The van der Waals surface area contributed by atoms with Crippen LogP contribution < -0.4 is 0 Å². The van der Waals surface area contributed by atoms with E-state index in [2.05, 4.69) is 61.5 Å². The molecule has 4 saturated carbocycles. The van der Waals surface area contributed by atoms with Crippen LogP contribution in [0.15, 0.2) is 11.6 Å². The molecule has 0 aromatic rings. The number of esters is 1. The summed E-state index contributed by atoms with van der Waals surface area (Å²) in [4.78, 5) is 15.4. The first kappa shape index (κ1) is 61.0. The van der Waals surface area contributed by atoms with Crippen LogP contribution in [-0.2, 0) is 42.7 Å². The number of fused-ring (bicyclic) bond motifs is 7. The van der Waals surface area contributed by atoms with Gasteiger partial charge in [-0.15, -0.1) is 0 Å². The molecular formula is C56H92O22. The fourth-order valence-corrected chi connectivity index (χ4v) is 17.7. The minimum atomic E-state index is -2.04. The molecule has 13 N–H and O–H groups in total. The number of aliphatic hydroxyl groups excluding tert-OH is 13. The van der Waals surface area contributed by atoms with Crippen molar-refractivity contribution in [2.75, 3.05) is 26.4 Å². The summed E-state index contributed by atoms with van der Waals surface area (Å²) < 4.78 is 47.7. The standard InChI is InChI=1S/C56H92O22/c1-26-33(60)38(65)43(69)55(10,77-26)78-42-28(21-57)73-44(41(68)37(42)64)72-23-29-35(62)36(63)40(67)46(74-29)76-47(70)56-19-17-48(2,3)24-52(56,7)31-12-16-53(8)50(5)14-13-32(75-45-39(66)34(61)27(59)22-71-45)49(4,25-58)30(50)11-15-54(53,9)51(31,6)18-20-56/h12,26-30,32-46,57-69H,11,13-25H2,1-10H3. The van der Waals surface area contributed by atoms with Crippen molar-refractivity contribution in [1.82, 2.24) is 0 Å². The van der Waals surface area contributed by atoms with Gasteiger partial charge in [0.15, 0.2) is 18.4 Å². The summed E-state index contributed by atoms with van der Waals surface area (Å²) in [5, 5.41) is 141. The second-order valence-corrected chi connectivity index (χ2v) is 27.5. The van der Waals surface area contributed by atoms with E-state index in [0.29, 0.717) is 44.9 Å². The second-order valence-electron chi connectivity index (χ2n) is 27.5. The van der Waals surface area contributed by atoms with Crippen molar-refractivity contribution in [3.05, 3.63) is 11.6 Å². The van der Waals surface area contributed by atoms with Gasteiger partial charge in [0.1, 0.15) is 85.5 Å². The first-order chi connectivity index (χ1) is 36.2. The van der Waals surface area contributed by atoms with Gasteiger partial charge in [-0.1, -0.05) is 67.0 Å². The Bertz CT molecular complexity index is 2220. The molecule has 9 aliphatic rings. The Morgan fingerprint density at radius 1 is 0.654 bits per heavy atom. The van der Waals surface area contributed by atoms with Crippen molar-refractivity contribution >= 4 is 5.97 Å². The van der Waals surface area contributed by atoms with Gasteiger partial charge in [-0.25, -0.2) is 0 Å². The van der Waals surface area contributed by atoms with E-state index in [-0.39, 0.29) is 40.8 Å². The molecule has 22 heteroatoms. The summed E-state index contributed by atoms with van der Waals surface area (Å²) in [5.41, 5.74) is -2.97. The van der Waals surface area contributed by atoms with Crippen LogP contribution in [0.25, 0.3) is 0 Å². The molecule has 0 aromatic heterocycles. The van der Waals surface area contributed by atoms with Crippen LogP contribution in [-0.4, -0.2) is 221 Å². The van der Waals surface area contributed by atoms with E-state index >= 15 is 4.79 Å². The van der Waals surface area contributed by atoms with E-state index in [1.165, 1.54) is 19.4 Å². The molecule has 0 radical (unpaired) electrons. The lowest BCUT2D eigenvalue weighted by Crippen LogP contribution is -2.71. The topological polar surface area (TPSA) is 354 Å². The maximum atomic E-state index is 15.4. The highest BCUT2D eigenvalue weighted by Gasteiger charge is 2.76. The van der Waals surface area contributed by atoms with Gasteiger partial charge in [0, 0.05) is 10.8 Å². The predicted molar refractivity (Wildman–Crippen MR) is 271 cm³/mol. The van der Waals surface area contributed by atoms with Crippen LogP contribution in [0.1, 0.15) is 133 Å². The van der Waals surface area contributed by atoms with Gasteiger partial charge in [0.05, 0.1) is 44.1 Å². The normalized spacial score (nSPS) is 56.1. The van der Waals surface area contributed by atoms with Gasteiger partial charge in [-0.2, -0.15) is 0 Å². The van der Waals surface area contributed by atoms with E-state index in [1.54, 1.807) is 0 Å². The summed E-state index contributed by atoms with van der Waals surface area (Å²) >= 11 is 0. The van der Waals surface area contributed by atoms with Gasteiger partial charge in [-0.3, -0.25) is 4.79 Å². The minimum absolute atomic E-state index is 0.0104. The highest BCUT2D eigenvalue weighted by molar-refractivity contribution is 5.80. The summed E-state index contributed by atoms with van der Waals surface area (Å²) in [7, 11) is 0. The van der Waals surface area contributed by atoms with Gasteiger partial charge in [-0.05, 0) is 111 Å². The molecular weight excluding hydrogens is 1020 g/mol. The molecule has 4 aliphatic heterocycles. The largest absolute Gasteiger partial charge is 0.432 e. The predicted octanol–water partition coefficient (Wildman–Crippen LogP) is -0.226. The monoisotopic (exact) mass is 1120 g/mol. The second kappa shape index (κ2) is 20.9. The summed E-state index contributed by atoms with van der Waals surface area (Å²) in [6.45, 7) is 19.0. The molecule has 28 unspecified atom stereocenters. The molecule has 4 heterocycles. The van der Waals surface area contributed by atoms with E-state index < -0.39 is 163 Å². The average molecular weight is 1120 g/mol. The summed E-state index contributed by atoms with van der Waals surface area (Å²) in [6.07, 6.45) is -20.3. The lowest BCUT2D eigenvalue weighted by Gasteiger charge is -2.77. The molecule has 448 valence electrons. The number of aliphatic hydroxyl groups is 13. The third kappa shape index (κ3) is 8.97. The molecule has 8 fully saturated rings. The maximum absolute atomic E-state index is 15.4. The zero-order chi connectivity index (χ0) is 57.5. The van der Waals surface area contributed by atoms with Crippen LogP contribution in [0, 0.1) is 49.2 Å². The van der Waals surface area contributed by atoms with E-state index in [1.807, 2.05) is 0 Å². The van der Waals surface area contributed by atoms with Crippen LogP contribution in [0.5, 0.6) is 0 Å². The van der Waals surface area contributed by atoms with Crippen LogP contribution in [0.4, 0.5) is 0 Å². The lowest BCUT2D eigenvalue weighted by atomic mass is 9.27. The zero-order valence-corrected chi connectivity index (χ0v) is 47.0. The smallest absolute Gasteiger partial charge is 0.315 e. The fraction of sp³-hybridized carbons (Fsp3) is 0.946. The number of ether oxygens (including phenoxy) is 8. The van der Waals surface area contributed by atoms with Gasteiger partial charge in [0.25, 0.3) is 0 Å². The van der Waals surface area contributed by atoms with Gasteiger partial charge < -0.3 is 104 Å². The average Bonchev–Trinajstić information content (AvgIpc) is 1.50. The first-order valence-electron chi connectivity index (χ1n) is 28.4. The molecule has 0 spiro atoms. The molecule has 0 aromatic carbocycles. The van der Waals surface area contributed by atoms with Crippen LogP contribution >= 0.6 is 0 Å². The van der Waals surface area contributed by atoms with Gasteiger partial charge >= 0.3 is 5.97 Å². The quantitative estimate of drug-likeness (QED) is 0.0722. The zero-order valence-electron chi connectivity index (χ0n) is 47.0. The Balaban J connectivity index is 0.929. The van der Waals surface area contributed by atoms with Crippen LogP contribution in [0.2, 0.25) is 0 Å². The van der Waals surface area contributed by atoms with Crippen LogP contribution in [0.3, 0.4) is 0 Å². The van der Waals surface area contributed by atoms with E-state index in [4.69, 9.17) is 37.9 Å². The number of allylic oxidation sites excluding steroid dienone is 2. The lowest BCUT2D eigenvalue weighted by molar-refractivity contribution is -0.396. The molecule has 5 aliphatic carbocycles. The number of carbonyl (C=O) groups is 1. The SMILES string of the molecule is CC1OC(C)(OC2C(CO)OC(OCC3OC(OC(=O)C45CCC(C)(C)CC4(C)C4=CCC6(C)C7(C)CCC(OC8OCC(O)C(O)C8O)C(C)(CO)C7CCC6(C)C4(C)CC5)C(O)C(O)C3O)C(O)C2O)C(O)C(O)C1O. The Kier molecular flexibility index (Phi) is 16.3. The minimum Gasteiger partial charge on any atom is -0.432 e. The molecule has 4 saturated heterocycles. The Morgan fingerprint density at radius 2 is 1.29 bits per heavy atom. The Labute approximate surface area is 456 Å². The number of hydrogen-bond acceptors (Lipinski definition) is 22. The Morgan fingerprint density at radius 3 is 1.96 bits per heavy atom. The number of hydrogen-bond donors (Lipinski definition) is 13. The third-order valence-electron chi connectivity index (χ3n) is 23.0. The van der Waals surface area contributed by atoms with Crippen molar-refractivity contribution in [3.63, 3.8) is 0 Å². The molecule has 0 amide bonds. The van der Waals surface area contributed by atoms with E-state index in [9.17, 15) is 66.4 Å². The summed E-state index contributed by atoms with van der Waals surface area (Å²) in [5.74, 6) is -2.66. The fourth-order valence-electron chi connectivity index (χ4n) is 17.7. The molecule has 28 atom stereocenters.